The molecule has 0 aromatic heterocycles. The summed E-state index contributed by atoms with van der Waals surface area (Å²) in [5.41, 5.74) is 0.698. The Morgan fingerprint density at radius 1 is 1.15 bits per heavy atom. The van der Waals surface area contributed by atoms with E-state index in [0.29, 0.717) is 36.2 Å². The number of amides is 2. The number of ether oxygens (including phenoxy) is 1. The smallest absolute Gasteiger partial charge is 0.227 e. The van der Waals surface area contributed by atoms with E-state index in [1.165, 1.54) is 0 Å². The first-order valence-corrected chi connectivity index (χ1v) is 9.44. The van der Waals surface area contributed by atoms with Crippen molar-refractivity contribution in [2.45, 2.75) is 26.7 Å². The van der Waals surface area contributed by atoms with Crippen LogP contribution in [0.3, 0.4) is 0 Å². The Balaban J connectivity index is 1.70. The van der Waals surface area contributed by atoms with Crippen LogP contribution in [0, 0.1) is 11.8 Å². The Morgan fingerprint density at radius 2 is 1.85 bits per heavy atom. The number of carbonyl (C=O) groups excluding carboxylic acids is 2. The maximum Gasteiger partial charge on any atom is 0.227 e. The second-order valence-electron chi connectivity index (χ2n) is 7.26. The highest BCUT2D eigenvalue weighted by atomic mass is 16.5. The molecule has 1 aliphatic heterocycles. The van der Waals surface area contributed by atoms with Crippen LogP contribution in [-0.4, -0.2) is 24.9 Å². The summed E-state index contributed by atoms with van der Waals surface area (Å²) < 4.78 is 5.96. The van der Waals surface area contributed by atoms with Crippen molar-refractivity contribution in [3.8, 4) is 11.5 Å². The van der Waals surface area contributed by atoms with E-state index >= 15 is 0 Å². The third-order valence-electron chi connectivity index (χ3n) is 4.64. The van der Waals surface area contributed by atoms with Gasteiger partial charge < -0.3 is 15.0 Å². The van der Waals surface area contributed by atoms with Gasteiger partial charge in [0.05, 0.1) is 11.6 Å². The second kappa shape index (κ2) is 8.71. The molecule has 1 saturated heterocycles. The average molecular weight is 366 g/mol. The van der Waals surface area contributed by atoms with E-state index in [1.54, 1.807) is 4.90 Å². The molecule has 2 aromatic carbocycles. The number of nitrogens with one attached hydrogen (secondary N) is 1. The fourth-order valence-electron chi connectivity index (χ4n) is 3.13. The van der Waals surface area contributed by atoms with Crippen LogP contribution in [0.5, 0.6) is 11.5 Å². The topological polar surface area (TPSA) is 58.6 Å². The van der Waals surface area contributed by atoms with Gasteiger partial charge >= 0.3 is 0 Å². The lowest BCUT2D eigenvalue weighted by molar-refractivity contribution is -0.126. The molecule has 1 unspecified atom stereocenters. The molecule has 2 aromatic rings. The third-order valence-corrected chi connectivity index (χ3v) is 4.64. The van der Waals surface area contributed by atoms with Gasteiger partial charge in [0.25, 0.3) is 0 Å². The molecule has 2 amide bonds. The van der Waals surface area contributed by atoms with Crippen LogP contribution in [0.15, 0.2) is 54.6 Å². The predicted octanol–water partition coefficient (Wildman–Crippen LogP) is 3.99. The summed E-state index contributed by atoms with van der Waals surface area (Å²) in [5, 5.41) is 2.95. The standard InChI is InChI=1S/C22H26N2O3/c1-16(2)12-13-23-22(26)17-14-21(25)24(15-17)19-10-6-7-11-20(19)27-18-8-4-3-5-9-18/h3-11,16-17H,12-15H2,1-2H3,(H,23,26). The SMILES string of the molecule is CC(C)CCNC(=O)C1CC(=O)N(c2ccccc2Oc2ccccc2)C1. The van der Waals surface area contributed by atoms with Gasteiger partial charge in [-0.15, -0.1) is 0 Å². The second-order valence-corrected chi connectivity index (χ2v) is 7.26. The van der Waals surface area contributed by atoms with Gasteiger partial charge in [0.15, 0.2) is 5.75 Å². The van der Waals surface area contributed by atoms with E-state index < -0.39 is 0 Å². The number of hydrogen-bond donors (Lipinski definition) is 1. The van der Waals surface area contributed by atoms with Crippen LogP contribution < -0.4 is 15.0 Å². The quantitative estimate of drug-likeness (QED) is 0.806. The van der Waals surface area contributed by atoms with E-state index in [1.807, 2.05) is 54.6 Å². The zero-order valence-corrected chi connectivity index (χ0v) is 15.9. The van der Waals surface area contributed by atoms with E-state index in [9.17, 15) is 9.59 Å². The zero-order valence-electron chi connectivity index (χ0n) is 15.9. The molecule has 0 aliphatic carbocycles. The molecule has 1 atom stereocenters. The monoisotopic (exact) mass is 366 g/mol. The molecule has 5 nitrogen and oxygen atoms in total. The number of rotatable bonds is 7. The summed E-state index contributed by atoms with van der Waals surface area (Å²) in [4.78, 5) is 26.6. The molecule has 0 spiro atoms. The minimum absolute atomic E-state index is 0.0482. The van der Waals surface area contributed by atoms with Gasteiger partial charge in [-0.25, -0.2) is 0 Å². The van der Waals surface area contributed by atoms with E-state index in [0.717, 1.165) is 6.42 Å². The number of hydrogen-bond acceptors (Lipinski definition) is 3. The number of anilines is 1. The summed E-state index contributed by atoms with van der Waals surface area (Å²) >= 11 is 0. The van der Waals surface area contributed by atoms with Crippen molar-refractivity contribution < 1.29 is 14.3 Å². The first-order valence-electron chi connectivity index (χ1n) is 9.44. The number of benzene rings is 2. The Labute approximate surface area is 160 Å². The van der Waals surface area contributed by atoms with E-state index in [-0.39, 0.29) is 24.2 Å². The molecule has 5 heteroatoms. The van der Waals surface area contributed by atoms with Crippen LogP contribution in [0.1, 0.15) is 26.7 Å². The Bertz CT molecular complexity index is 789. The van der Waals surface area contributed by atoms with Gasteiger partial charge in [0.1, 0.15) is 5.75 Å². The predicted molar refractivity (Wildman–Crippen MR) is 106 cm³/mol. The van der Waals surface area contributed by atoms with E-state index in [2.05, 4.69) is 19.2 Å². The number of para-hydroxylation sites is 3. The lowest BCUT2D eigenvalue weighted by Gasteiger charge is -2.20. The minimum Gasteiger partial charge on any atom is -0.455 e. The first-order chi connectivity index (χ1) is 13.0. The maximum atomic E-state index is 12.6. The normalized spacial score (nSPS) is 16.6. The Kier molecular flexibility index (Phi) is 6.12. The molecule has 1 N–H and O–H groups in total. The largest absolute Gasteiger partial charge is 0.455 e. The average Bonchev–Trinajstić information content (AvgIpc) is 3.04. The fourth-order valence-corrected chi connectivity index (χ4v) is 3.13. The molecule has 1 fully saturated rings. The molecule has 0 radical (unpaired) electrons. The van der Waals surface area contributed by atoms with Gasteiger partial charge in [0.2, 0.25) is 11.8 Å². The molecule has 3 rings (SSSR count). The van der Waals surface area contributed by atoms with Crippen molar-refractivity contribution in [1.29, 1.82) is 0 Å². The highest BCUT2D eigenvalue weighted by Gasteiger charge is 2.36. The van der Waals surface area contributed by atoms with Crippen LogP contribution in [0.25, 0.3) is 0 Å². The van der Waals surface area contributed by atoms with Crippen LogP contribution in [0.2, 0.25) is 0 Å². The molecule has 0 saturated carbocycles. The minimum atomic E-state index is -0.325. The summed E-state index contributed by atoms with van der Waals surface area (Å²) in [6.45, 7) is 5.27. The number of nitrogens with zero attached hydrogens (tertiary/aromatic N) is 1. The van der Waals surface area contributed by atoms with Gasteiger partial charge in [0, 0.05) is 19.5 Å². The van der Waals surface area contributed by atoms with Crippen LogP contribution in [-0.2, 0) is 9.59 Å². The summed E-state index contributed by atoms with van der Waals surface area (Å²) in [6, 6.07) is 16.9. The van der Waals surface area contributed by atoms with Crippen molar-refractivity contribution in [1.82, 2.24) is 5.32 Å². The summed E-state index contributed by atoms with van der Waals surface area (Å²) in [5.74, 6) is 1.43. The molecule has 1 aliphatic rings. The van der Waals surface area contributed by atoms with Crippen LogP contribution in [0.4, 0.5) is 5.69 Å². The molecule has 142 valence electrons. The van der Waals surface area contributed by atoms with Gasteiger partial charge in [-0.2, -0.15) is 0 Å². The van der Waals surface area contributed by atoms with Gasteiger partial charge in [-0.3, -0.25) is 9.59 Å². The van der Waals surface area contributed by atoms with Gasteiger partial charge in [-0.05, 0) is 36.6 Å². The molecular formula is C22H26N2O3. The van der Waals surface area contributed by atoms with Crippen molar-refractivity contribution >= 4 is 17.5 Å². The summed E-state index contributed by atoms with van der Waals surface area (Å²) in [7, 11) is 0. The highest BCUT2D eigenvalue weighted by molar-refractivity contribution is 6.01. The lowest BCUT2D eigenvalue weighted by atomic mass is 10.1. The first kappa shape index (κ1) is 19.0. The number of carbonyl (C=O) groups is 2. The van der Waals surface area contributed by atoms with Gasteiger partial charge in [-0.1, -0.05) is 44.2 Å². The molecular weight excluding hydrogens is 340 g/mol. The highest BCUT2D eigenvalue weighted by Crippen LogP contribution is 2.35. The lowest BCUT2D eigenvalue weighted by Crippen LogP contribution is -2.34. The Hall–Kier alpha value is -2.82. The molecule has 0 bridgehead atoms. The molecule has 27 heavy (non-hydrogen) atoms. The van der Waals surface area contributed by atoms with Crippen LogP contribution >= 0.6 is 0 Å². The van der Waals surface area contributed by atoms with E-state index in [4.69, 9.17) is 4.74 Å². The van der Waals surface area contributed by atoms with Crippen molar-refractivity contribution in [3.05, 3.63) is 54.6 Å². The van der Waals surface area contributed by atoms with Crippen molar-refractivity contribution in [2.24, 2.45) is 11.8 Å². The fraction of sp³-hybridized carbons (Fsp3) is 0.364. The Morgan fingerprint density at radius 3 is 2.59 bits per heavy atom. The van der Waals surface area contributed by atoms with Crippen molar-refractivity contribution in [3.63, 3.8) is 0 Å². The van der Waals surface area contributed by atoms with Crippen molar-refractivity contribution in [2.75, 3.05) is 18.0 Å². The summed E-state index contributed by atoms with van der Waals surface area (Å²) in [6.07, 6.45) is 1.16. The zero-order chi connectivity index (χ0) is 19.2. The third kappa shape index (κ3) is 4.88. The molecule has 1 heterocycles. The maximum absolute atomic E-state index is 12.6.